The zero-order valence-corrected chi connectivity index (χ0v) is 15.6. The predicted molar refractivity (Wildman–Crippen MR) is 97.8 cm³/mol. The van der Waals surface area contributed by atoms with Crippen molar-refractivity contribution < 1.29 is 18.3 Å². The Balaban J connectivity index is 1.75. The summed E-state index contributed by atoms with van der Waals surface area (Å²) in [5.74, 6) is -1.62. The molecule has 1 aromatic heterocycles. The molecular formula is C18H20ClF2N3O3. The Morgan fingerprint density at radius 1 is 1.22 bits per heavy atom. The van der Waals surface area contributed by atoms with E-state index in [4.69, 9.17) is 21.1 Å². The van der Waals surface area contributed by atoms with Crippen LogP contribution < -0.4 is 10.5 Å². The Bertz CT molecular complexity index is 854. The van der Waals surface area contributed by atoms with Crippen LogP contribution in [0.2, 0.25) is 5.02 Å². The largest absolute Gasteiger partial charge is 0.382 e. The van der Waals surface area contributed by atoms with Crippen molar-refractivity contribution in [3.8, 4) is 5.69 Å². The van der Waals surface area contributed by atoms with E-state index >= 15 is 0 Å². The second-order valence-electron chi connectivity index (χ2n) is 6.21. The highest BCUT2D eigenvalue weighted by Gasteiger charge is 2.23. The number of piperidine rings is 1. The Morgan fingerprint density at radius 3 is 2.63 bits per heavy atom. The van der Waals surface area contributed by atoms with Crippen LogP contribution >= 0.6 is 11.6 Å². The number of anilines is 1. The molecule has 0 unspecified atom stereocenters. The molecule has 3 rings (SSSR count). The van der Waals surface area contributed by atoms with Crippen molar-refractivity contribution in [1.29, 1.82) is 0 Å². The maximum atomic E-state index is 14.0. The number of ether oxygens (including phenoxy) is 2. The first-order chi connectivity index (χ1) is 13.0. The standard InChI is InChI=1S/C18H20ClF2N3O3/c1-26-8-9-27-13-4-6-23(7-5-13)16-11-22-24(18(25)17(16)19)15-3-2-12(20)10-14(15)21/h2-3,10-11,13H,4-9H2,1H3. The third-order valence-electron chi connectivity index (χ3n) is 4.46. The molecule has 0 radical (unpaired) electrons. The SMILES string of the molecule is COCCOC1CCN(c2cnn(-c3ccc(F)cc3F)c(=O)c2Cl)CC1. The molecule has 0 bridgehead atoms. The molecule has 146 valence electrons. The van der Waals surface area contributed by atoms with Gasteiger partial charge < -0.3 is 14.4 Å². The molecule has 9 heteroatoms. The van der Waals surface area contributed by atoms with Crippen LogP contribution in [0.5, 0.6) is 0 Å². The van der Waals surface area contributed by atoms with E-state index in [-0.39, 0.29) is 16.8 Å². The second kappa shape index (κ2) is 8.77. The van der Waals surface area contributed by atoms with E-state index < -0.39 is 17.2 Å². The van der Waals surface area contributed by atoms with Gasteiger partial charge in [-0.1, -0.05) is 11.6 Å². The van der Waals surface area contributed by atoms with Crippen LogP contribution in [0.4, 0.5) is 14.5 Å². The van der Waals surface area contributed by atoms with E-state index in [1.807, 2.05) is 4.90 Å². The van der Waals surface area contributed by atoms with Gasteiger partial charge in [0.15, 0.2) is 5.82 Å². The Hall–Kier alpha value is -2.03. The van der Waals surface area contributed by atoms with Gasteiger partial charge in [0.1, 0.15) is 16.5 Å². The molecular weight excluding hydrogens is 380 g/mol. The Kier molecular flexibility index (Phi) is 6.41. The van der Waals surface area contributed by atoms with Crippen LogP contribution in [0.15, 0.2) is 29.2 Å². The van der Waals surface area contributed by atoms with Crippen molar-refractivity contribution in [1.82, 2.24) is 9.78 Å². The maximum Gasteiger partial charge on any atom is 0.292 e. The Morgan fingerprint density at radius 2 is 1.96 bits per heavy atom. The fourth-order valence-corrected chi connectivity index (χ4v) is 3.28. The highest BCUT2D eigenvalue weighted by atomic mass is 35.5. The van der Waals surface area contributed by atoms with Crippen molar-refractivity contribution in [3.05, 3.63) is 51.4 Å². The number of halogens is 3. The zero-order valence-electron chi connectivity index (χ0n) is 14.8. The zero-order chi connectivity index (χ0) is 19.4. The quantitative estimate of drug-likeness (QED) is 0.699. The van der Waals surface area contributed by atoms with E-state index in [0.717, 1.165) is 29.7 Å². The van der Waals surface area contributed by atoms with Crippen LogP contribution in [0.1, 0.15) is 12.8 Å². The molecule has 1 aromatic carbocycles. The summed E-state index contributed by atoms with van der Waals surface area (Å²) in [6.45, 7) is 2.41. The van der Waals surface area contributed by atoms with Crippen molar-refractivity contribution in [3.63, 3.8) is 0 Å². The molecule has 1 fully saturated rings. The van der Waals surface area contributed by atoms with Crippen LogP contribution in [-0.4, -0.2) is 49.3 Å². The highest BCUT2D eigenvalue weighted by Crippen LogP contribution is 2.26. The minimum Gasteiger partial charge on any atom is -0.382 e. The molecule has 0 spiro atoms. The number of aromatic nitrogens is 2. The molecule has 1 saturated heterocycles. The molecule has 0 atom stereocenters. The number of hydrogen-bond donors (Lipinski definition) is 0. The summed E-state index contributed by atoms with van der Waals surface area (Å²) in [5.41, 5.74) is -0.311. The average Bonchev–Trinajstić information content (AvgIpc) is 2.66. The molecule has 2 heterocycles. The van der Waals surface area contributed by atoms with Crippen molar-refractivity contribution in [2.45, 2.75) is 18.9 Å². The number of rotatable bonds is 6. The summed E-state index contributed by atoms with van der Waals surface area (Å²) >= 11 is 6.24. The van der Waals surface area contributed by atoms with Gasteiger partial charge in [0.05, 0.1) is 31.2 Å². The molecule has 0 N–H and O–H groups in total. The predicted octanol–water partition coefficient (Wildman–Crippen LogP) is 2.80. The van der Waals surface area contributed by atoms with Gasteiger partial charge in [0, 0.05) is 26.3 Å². The molecule has 1 aliphatic heterocycles. The monoisotopic (exact) mass is 399 g/mol. The summed E-state index contributed by atoms with van der Waals surface area (Å²) in [6, 6.07) is 2.90. The summed E-state index contributed by atoms with van der Waals surface area (Å²) in [7, 11) is 1.63. The Labute approximate surface area is 160 Å². The van der Waals surface area contributed by atoms with E-state index in [9.17, 15) is 13.6 Å². The van der Waals surface area contributed by atoms with Gasteiger partial charge in [0.2, 0.25) is 0 Å². The van der Waals surface area contributed by atoms with Crippen molar-refractivity contribution >= 4 is 17.3 Å². The van der Waals surface area contributed by atoms with E-state index in [0.29, 0.717) is 38.1 Å². The topological polar surface area (TPSA) is 56.6 Å². The van der Waals surface area contributed by atoms with Gasteiger partial charge in [-0.15, -0.1) is 0 Å². The molecule has 1 aliphatic rings. The normalized spacial score (nSPS) is 15.3. The lowest BCUT2D eigenvalue weighted by Gasteiger charge is -2.33. The first-order valence-corrected chi connectivity index (χ1v) is 8.98. The van der Waals surface area contributed by atoms with Crippen LogP contribution in [0.3, 0.4) is 0 Å². The van der Waals surface area contributed by atoms with Gasteiger partial charge in [-0.25, -0.2) is 8.78 Å². The first-order valence-electron chi connectivity index (χ1n) is 8.60. The average molecular weight is 400 g/mol. The third-order valence-corrected chi connectivity index (χ3v) is 4.82. The first kappa shape index (κ1) is 19.7. The van der Waals surface area contributed by atoms with Crippen molar-refractivity contribution in [2.75, 3.05) is 38.3 Å². The smallest absolute Gasteiger partial charge is 0.292 e. The van der Waals surface area contributed by atoms with Gasteiger partial charge in [-0.2, -0.15) is 9.78 Å². The molecule has 0 aliphatic carbocycles. The number of hydrogen-bond acceptors (Lipinski definition) is 5. The molecule has 0 amide bonds. The summed E-state index contributed by atoms with van der Waals surface area (Å²) in [6.07, 6.45) is 3.14. The molecule has 27 heavy (non-hydrogen) atoms. The third kappa shape index (κ3) is 4.45. The fraction of sp³-hybridized carbons (Fsp3) is 0.444. The van der Waals surface area contributed by atoms with Gasteiger partial charge in [-0.05, 0) is 25.0 Å². The number of benzene rings is 1. The maximum absolute atomic E-state index is 14.0. The van der Waals surface area contributed by atoms with E-state index in [1.165, 1.54) is 6.20 Å². The van der Waals surface area contributed by atoms with Crippen LogP contribution in [0.25, 0.3) is 5.69 Å². The van der Waals surface area contributed by atoms with Crippen LogP contribution in [0, 0.1) is 11.6 Å². The van der Waals surface area contributed by atoms with Gasteiger partial charge in [-0.3, -0.25) is 4.79 Å². The molecule has 6 nitrogen and oxygen atoms in total. The van der Waals surface area contributed by atoms with Gasteiger partial charge >= 0.3 is 0 Å². The van der Waals surface area contributed by atoms with E-state index in [1.54, 1.807) is 7.11 Å². The fourth-order valence-electron chi connectivity index (χ4n) is 3.03. The molecule has 0 saturated carbocycles. The highest BCUT2D eigenvalue weighted by molar-refractivity contribution is 6.33. The number of nitrogens with zero attached hydrogens (tertiary/aromatic N) is 3. The van der Waals surface area contributed by atoms with E-state index in [2.05, 4.69) is 5.10 Å². The lowest BCUT2D eigenvalue weighted by molar-refractivity contribution is 0.00609. The van der Waals surface area contributed by atoms with Crippen molar-refractivity contribution in [2.24, 2.45) is 0 Å². The lowest BCUT2D eigenvalue weighted by atomic mass is 10.1. The summed E-state index contributed by atoms with van der Waals surface area (Å²) in [5, 5.41) is 3.97. The minimum absolute atomic E-state index is 0.0486. The van der Waals surface area contributed by atoms with Crippen LogP contribution in [-0.2, 0) is 9.47 Å². The second-order valence-corrected chi connectivity index (χ2v) is 6.58. The summed E-state index contributed by atoms with van der Waals surface area (Å²) < 4.78 is 38.6. The molecule has 2 aromatic rings. The minimum atomic E-state index is -0.887. The number of methoxy groups -OCH3 is 1. The summed E-state index contributed by atoms with van der Waals surface area (Å²) in [4.78, 5) is 14.5. The van der Waals surface area contributed by atoms with Gasteiger partial charge in [0.25, 0.3) is 5.56 Å². The lowest BCUT2D eigenvalue weighted by Crippen LogP contribution is -2.38.